The van der Waals surface area contributed by atoms with Gasteiger partial charge in [-0.1, -0.05) is 48.0 Å². The zero-order valence-corrected chi connectivity index (χ0v) is 19.8. The van der Waals surface area contributed by atoms with Crippen molar-refractivity contribution in [3.63, 3.8) is 0 Å². The fourth-order valence-corrected chi connectivity index (χ4v) is 4.50. The van der Waals surface area contributed by atoms with E-state index in [0.717, 1.165) is 11.1 Å². The standard InChI is InChI=1S/C27H25ClN2O5/c28-22-14-20(18-4-2-1-3-5-18)6-8-23(22)33-16-26(31)30-12-10-19(11-13-30)27(32)29-21-7-9-24-25(15-21)35-17-34-24/h1-9,14-15,19H,10-13,16-17H2,(H,29,32). The maximum absolute atomic E-state index is 12.7. The lowest BCUT2D eigenvalue weighted by atomic mass is 9.95. The lowest BCUT2D eigenvalue weighted by Gasteiger charge is -2.31. The molecule has 180 valence electrons. The van der Waals surface area contributed by atoms with Crippen LogP contribution in [0.3, 0.4) is 0 Å². The first kappa shape index (κ1) is 23.1. The van der Waals surface area contributed by atoms with Crippen LogP contribution >= 0.6 is 11.6 Å². The molecule has 2 amide bonds. The number of nitrogens with one attached hydrogen (secondary N) is 1. The number of hydrogen-bond donors (Lipinski definition) is 1. The molecular weight excluding hydrogens is 468 g/mol. The van der Waals surface area contributed by atoms with E-state index in [1.165, 1.54) is 0 Å². The number of anilines is 1. The van der Waals surface area contributed by atoms with E-state index in [9.17, 15) is 9.59 Å². The summed E-state index contributed by atoms with van der Waals surface area (Å²) in [6, 6.07) is 20.8. The van der Waals surface area contributed by atoms with E-state index in [4.69, 9.17) is 25.8 Å². The van der Waals surface area contributed by atoms with Crippen LogP contribution in [0.1, 0.15) is 12.8 Å². The topological polar surface area (TPSA) is 77.1 Å². The van der Waals surface area contributed by atoms with Crippen LogP contribution in [0.4, 0.5) is 5.69 Å². The summed E-state index contributed by atoms with van der Waals surface area (Å²) in [7, 11) is 0. The van der Waals surface area contributed by atoms with Gasteiger partial charge in [-0.3, -0.25) is 9.59 Å². The Hall–Kier alpha value is -3.71. The largest absolute Gasteiger partial charge is 0.482 e. The first-order chi connectivity index (χ1) is 17.1. The average molecular weight is 493 g/mol. The molecule has 5 rings (SSSR count). The summed E-state index contributed by atoms with van der Waals surface area (Å²) in [5.41, 5.74) is 2.71. The van der Waals surface area contributed by atoms with Gasteiger partial charge in [0.25, 0.3) is 5.91 Å². The lowest BCUT2D eigenvalue weighted by molar-refractivity contribution is -0.136. The average Bonchev–Trinajstić information content (AvgIpc) is 3.36. The van der Waals surface area contributed by atoms with Crippen molar-refractivity contribution in [1.82, 2.24) is 4.90 Å². The van der Waals surface area contributed by atoms with Crippen molar-refractivity contribution in [2.75, 3.05) is 31.8 Å². The first-order valence-electron chi connectivity index (χ1n) is 11.5. The van der Waals surface area contributed by atoms with Crippen molar-refractivity contribution < 1.29 is 23.8 Å². The molecule has 0 radical (unpaired) electrons. The van der Waals surface area contributed by atoms with Crippen LogP contribution in [0.15, 0.2) is 66.7 Å². The summed E-state index contributed by atoms with van der Waals surface area (Å²) in [4.78, 5) is 27.1. The highest BCUT2D eigenvalue weighted by Gasteiger charge is 2.28. The Balaban J connectivity index is 1.10. The van der Waals surface area contributed by atoms with Gasteiger partial charge in [-0.15, -0.1) is 0 Å². The van der Waals surface area contributed by atoms with Crippen molar-refractivity contribution in [1.29, 1.82) is 0 Å². The molecule has 35 heavy (non-hydrogen) atoms. The van der Waals surface area contributed by atoms with E-state index in [1.807, 2.05) is 42.5 Å². The number of carbonyl (C=O) groups excluding carboxylic acids is 2. The van der Waals surface area contributed by atoms with Gasteiger partial charge in [-0.25, -0.2) is 0 Å². The molecule has 0 bridgehead atoms. The van der Waals surface area contributed by atoms with Crippen LogP contribution in [0.25, 0.3) is 11.1 Å². The van der Waals surface area contributed by atoms with Crippen LogP contribution in [0.2, 0.25) is 5.02 Å². The van der Waals surface area contributed by atoms with E-state index in [0.29, 0.717) is 53.9 Å². The summed E-state index contributed by atoms with van der Waals surface area (Å²) in [6.45, 7) is 1.09. The number of nitrogens with zero attached hydrogens (tertiary/aromatic N) is 1. The normalized spacial score (nSPS) is 15.1. The van der Waals surface area contributed by atoms with Gasteiger partial charge >= 0.3 is 0 Å². The number of fused-ring (bicyclic) bond motifs is 1. The maximum Gasteiger partial charge on any atom is 0.260 e. The van der Waals surface area contributed by atoms with Gasteiger partial charge in [-0.2, -0.15) is 0 Å². The van der Waals surface area contributed by atoms with Crippen molar-refractivity contribution >= 4 is 29.1 Å². The van der Waals surface area contributed by atoms with Gasteiger partial charge in [0.1, 0.15) is 5.75 Å². The molecule has 3 aromatic rings. The highest BCUT2D eigenvalue weighted by molar-refractivity contribution is 6.32. The molecule has 8 heteroatoms. The zero-order chi connectivity index (χ0) is 24.2. The Labute approximate surface area is 208 Å². The Bertz CT molecular complexity index is 1230. The Morgan fingerprint density at radius 3 is 2.49 bits per heavy atom. The third-order valence-electron chi connectivity index (χ3n) is 6.25. The monoisotopic (exact) mass is 492 g/mol. The van der Waals surface area contributed by atoms with Crippen LogP contribution < -0.4 is 19.5 Å². The second kappa shape index (κ2) is 10.3. The van der Waals surface area contributed by atoms with Crippen LogP contribution in [0, 0.1) is 5.92 Å². The second-order valence-electron chi connectivity index (χ2n) is 8.51. The van der Waals surface area contributed by atoms with Crippen molar-refractivity contribution in [2.45, 2.75) is 12.8 Å². The van der Waals surface area contributed by atoms with E-state index in [2.05, 4.69) is 5.32 Å². The Kier molecular flexibility index (Phi) is 6.77. The summed E-state index contributed by atoms with van der Waals surface area (Å²) >= 11 is 6.39. The molecule has 2 aliphatic heterocycles. The fourth-order valence-electron chi connectivity index (χ4n) is 4.27. The quantitative estimate of drug-likeness (QED) is 0.524. The van der Waals surface area contributed by atoms with Gasteiger partial charge < -0.3 is 24.4 Å². The minimum atomic E-state index is -0.162. The molecule has 0 unspecified atom stereocenters. The summed E-state index contributed by atoms with van der Waals surface area (Å²) < 4.78 is 16.4. The highest BCUT2D eigenvalue weighted by atomic mass is 35.5. The second-order valence-corrected chi connectivity index (χ2v) is 8.92. The molecule has 0 aromatic heterocycles. The van der Waals surface area contributed by atoms with Crippen LogP contribution in [0.5, 0.6) is 17.2 Å². The minimum Gasteiger partial charge on any atom is -0.482 e. The van der Waals surface area contributed by atoms with E-state index in [1.54, 1.807) is 29.2 Å². The molecule has 0 atom stereocenters. The number of carbonyl (C=O) groups is 2. The Morgan fingerprint density at radius 1 is 0.943 bits per heavy atom. The van der Waals surface area contributed by atoms with Crippen molar-refractivity contribution in [2.24, 2.45) is 5.92 Å². The third-order valence-corrected chi connectivity index (χ3v) is 6.54. The maximum atomic E-state index is 12.7. The molecule has 1 N–H and O–H groups in total. The summed E-state index contributed by atoms with van der Waals surface area (Å²) in [5.74, 6) is 1.42. The molecule has 2 heterocycles. The molecule has 0 aliphatic carbocycles. The molecular formula is C27H25ClN2O5. The van der Waals surface area contributed by atoms with Gasteiger partial charge in [0, 0.05) is 30.8 Å². The molecule has 1 fully saturated rings. The fraction of sp³-hybridized carbons (Fsp3) is 0.259. The van der Waals surface area contributed by atoms with E-state index < -0.39 is 0 Å². The number of hydrogen-bond acceptors (Lipinski definition) is 5. The van der Waals surface area contributed by atoms with E-state index in [-0.39, 0.29) is 31.1 Å². The number of benzene rings is 3. The van der Waals surface area contributed by atoms with Crippen LogP contribution in [-0.2, 0) is 9.59 Å². The number of likely N-dealkylation sites (tertiary alicyclic amines) is 1. The molecule has 7 nitrogen and oxygen atoms in total. The summed E-state index contributed by atoms with van der Waals surface area (Å²) in [5, 5.41) is 3.39. The Morgan fingerprint density at radius 2 is 1.71 bits per heavy atom. The summed E-state index contributed by atoms with van der Waals surface area (Å²) in [6.07, 6.45) is 1.18. The molecule has 0 saturated carbocycles. The van der Waals surface area contributed by atoms with Crippen LogP contribution in [-0.4, -0.2) is 43.2 Å². The number of rotatable bonds is 6. The third kappa shape index (κ3) is 5.35. The highest BCUT2D eigenvalue weighted by Crippen LogP contribution is 2.34. The van der Waals surface area contributed by atoms with Crippen molar-refractivity contribution in [3.8, 4) is 28.4 Å². The lowest BCUT2D eigenvalue weighted by Crippen LogP contribution is -2.43. The van der Waals surface area contributed by atoms with Gasteiger partial charge in [-0.05, 0) is 48.2 Å². The predicted molar refractivity (Wildman–Crippen MR) is 133 cm³/mol. The van der Waals surface area contributed by atoms with Gasteiger partial charge in [0.05, 0.1) is 5.02 Å². The minimum absolute atomic E-state index is 0.0579. The molecule has 0 spiro atoms. The zero-order valence-electron chi connectivity index (χ0n) is 19.0. The molecule has 3 aromatic carbocycles. The smallest absolute Gasteiger partial charge is 0.260 e. The SMILES string of the molecule is O=C(Nc1ccc2c(c1)OCO2)C1CCN(C(=O)COc2ccc(-c3ccccc3)cc2Cl)CC1. The molecule has 2 aliphatic rings. The van der Waals surface area contributed by atoms with Crippen molar-refractivity contribution in [3.05, 3.63) is 71.8 Å². The first-order valence-corrected chi connectivity index (χ1v) is 11.9. The van der Waals surface area contributed by atoms with E-state index >= 15 is 0 Å². The number of piperidine rings is 1. The number of ether oxygens (including phenoxy) is 3. The van der Waals surface area contributed by atoms with Gasteiger partial charge in [0.15, 0.2) is 18.1 Å². The van der Waals surface area contributed by atoms with Gasteiger partial charge in [0.2, 0.25) is 12.7 Å². The number of halogens is 1. The predicted octanol–water partition coefficient (Wildman–Crippen LogP) is 4.99. The number of amides is 2. The molecule has 1 saturated heterocycles.